The number of Topliss-reactive ketones (excluding diaryl/α,β-unsaturated/α-hetero) is 1. The summed E-state index contributed by atoms with van der Waals surface area (Å²) in [5.41, 5.74) is 0.598. The number of nitrogens with zero attached hydrogens (tertiary/aromatic N) is 1. The van der Waals surface area contributed by atoms with Crippen LogP contribution in [0, 0.1) is 0 Å². The second kappa shape index (κ2) is 12.9. The molecule has 5 rings (SSSR count). The molecule has 0 unspecified atom stereocenters. The maximum Gasteiger partial charge on any atom is 0.417 e. The highest BCUT2D eigenvalue weighted by Gasteiger charge is 2.33. The Bertz CT molecular complexity index is 1580. The van der Waals surface area contributed by atoms with Crippen LogP contribution in [0.4, 0.5) is 13.2 Å². The van der Waals surface area contributed by atoms with Crippen LogP contribution in [-0.2, 0) is 28.5 Å². The fraction of sp³-hybridized carbons (Fsp3) is 0.290. The van der Waals surface area contributed by atoms with E-state index in [9.17, 15) is 18.0 Å². The second-order valence-corrected chi connectivity index (χ2v) is 9.99. The average molecular weight is 602 g/mol. The van der Waals surface area contributed by atoms with E-state index in [1.165, 1.54) is 6.07 Å². The second-order valence-electron chi connectivity index (χ2n) is 9.58. The predicted octanol–water partition coefficient (Wildman–Crippen LogP) is 7.24. The number of aromatic nitrogens is 1. The summed E-state index contributed by atoms with van der Waals surface area (Å²) >= 11 is 5.68. The summed E-state index contributed by atoms with van der Waals surface area (Å²) in [6.07, 6.45) is -2.36. The van der Waals surface area contributed by atoms with E-state index in [-0.39, 0.29) is 24.2 Å². The van der Waals surface area contributed by atoms with Gasteiger partial charge in [0.25, 0.3) is 0 Å². The number of carbonyl (C=O) groups excluding carboxylic acids is 1. The first kappa shape index (κ1) is 29.5. The largest absolute Gasteiger partial charge is 0.489 e. The summed E-state index contributed by atoms with van der Waals surface area (Å²) in [4.78, 5) is 17.1. The topological polar surface area (TPSA) is 76.1 Å². The minimum atomic E-state index is -4.59. The van der Waals surface area contributed by atoms with E-state index in [4.69, 9.17) is 35.3 Å². The third kappa shape index (κ3) is 6.88. The van der Waals surface area contributed by atoms with E-state index in [0.29, 0.717) is 78.1 Å². The molecule has 0 saturated carbocycles. The monoisotopic (exact) mass is 601 g/mol. The van der Waals surface area contributed by atoms with Crippen molar-refractivity contribution < 1.29 is 41.7 Å². The zero-order valence-electron chi connectivity index (χ0n) is 22.6. The van der Waals surface area contributed by atoms with Crippen molar-refractivity contribution in [1.29, 1.82) is 0 Å². The number of pyridine rings is 1. The van der Waals surface area contributed by atoms with E-state index in [0.717, 1.165) is 12.1 Å². The number of ketones is 1. The van der Waals surface area contributed by atoms with Crippen molar-refractivity contribution in [2.75, 3.05) is 33.5 Å². The Morgan fingerprint density at radius 2 is 1.64 bits per heavy atom. The van der Waals surface area contributed by atoms with Gasteiger partial charge < -0.3 is 23.7 Å². The van der Waals surface area contributed by atoms with Gasteiger partial charge in [-0.2, -0.15) is 13.2 Å². The normalized spacial score (nSPS) is 12.8. The first-order chi connectivity index (χ1) is 20.2. The number of halogens is 4. The van der Waals surface area contributed by atoms with Crippen molar-refractivity contribution in [3.8, 4) is 28.7 Å². The molecule has 2 heterocycles. The summed E-state index contributed by atoms with van der Waals surface area (Å²) in [6.45, 7) is 1.75. The van der Waals surface area contributed by atoms with E-state index >= 15 is 0 Å². The Hall–Kier alpha value is -4.02. The van der Waals surface area contributed by atoms with E-state index < -0.39 is 16.8 Å². The van der Waals surface area contributed by atoms with Gasteiger partial charge in [-0.25, -0.2) is 0 Å². The van der Waals surface area contributed by atoms with Crippen LogP contribution in [0.2, 0.25) is 5.02 Å². The molecule has 0 aliphatic carbocycles. The van der Waals surface area contributed by atoms with Gasteiger partial charge in [0.05, 0.1) is 28.1 Å². The zero-order valence-corrected chi connectivity index (χ0v) is 23.4. The minimum Gasteiger partial charge on any atom is -0.489 e. The number of benzene rings is 3. The summed E-state index contributed by atoms with van der Waals surface area (Å²) < 4.78 is 68.5. The van der Waals surface area contributed by atoms with Crippen molar-refractivity contribution in [1.82, 2.24) is 4.98 Å². The number of ether oxygens (including phenoxy) is 5. The molecule has 0 fully saturated rings. The van der Waals surface area contributed by atoms with Gasteiger partial charge in [0.15, 0.2) is 11.5 Å². The van der Waals surface area contributed by atoms with E-state index in [1.54, 1.807) is 49.7 Å². The molecule has 0 saturated heterocycles. The third-order valence-corrected chi connectivity index (χ3v) is 6.81. The van der Waals surface area contributed by atoms with Gasteiger partial charge in [-0.1, -0.05) is 29.8 Å². The summed E-state index contributed by atoms with van der Waals surface area (Å²) in [5, 5.41) is 0.236. The molecule has 42 heavy (non-hydrogen) atoms. The van der Waals surface area contributed by atoms with Gasteiger partial charge in [0, 0.05) is 45.2 Å². The smallest absolute Gasteiger partial charge is 0.417 e. The van der Waals surface area contributed by atoms with Gasteiger partial charge in [-0.05, 0) is 41.5 Å². The lowest BCUT2D eigenvalue weighted by Gasteiger charge is -2.23. The van der Waals surface area contributed by atoms with Crippen LogP contribution in [-0.4, -0.2) is 44.3 Å². The molecule has 1 aliphatic rings. The number of alkyl halides is 3. The van der Waals surface area contributed by atoms with Gasteiger partial charge in [-0.3, -0.25) is 9.78 Å². The van der Waals surface area contributed by atoms with Crippen molar-refractivity contribution in [3.63, 3.8) is 0 Å². The number of hydrogen-bond acceptors (Lipinski definition) is 7. The molecule has 0 bridgehead atoms. The molecular weight excluding hydrogens is 575 g/mol. The lowest BCUT2D eigenvalue weighted by Crippen LogP contribution is -2.17. The van der Waals surface area contributed by atoms with Crippen LogP contribution in [0.1, 0.15) is 23.1 Å². The average Bonchev–Trinajstić information content (AvgIpc) is 2.96. The number of methoxy groups -OCH3 is 1. The Balaban J connectivity index is 1.30. The van der Waals surface area contributed by atoms with Gasteiger partial charge in [-0.15, -0.1) is 0 Å². The zero-order chi connectivity index (χ0) is 29.7. The molecule has 0 amide bonds. The molecule has 0 N–H and O–H groups in total. The van der Waals surface area contributed by atoms with Crippen LogP contribution in [0.25, 0.3) is 10.9 Å². The van der Waals surface area contributed by atoms with Crippen LogP contribution >= 0.6 is 11.6 Å². The Morgan fingerprint density at radius 3 is 2.38 bits per heavy atom. The number of carbonyl (C=O) groups is 1. The molecule has 11 heteroatoms. The van der Waals surface area contributed by atoms with Crippen molar-refractivity contribution in [3.05, 3.63) is 82.5 Å². The molecule has 1 aliphatic heterocycles. The summed E-state index contributed by atoms with van der Waals surface area (Å²) in [5.74, 6) is 2.28. The highest BCUT2D eigenvalue weighted by Crippen LogP contribution is 2.48. The summed E-state index contributed by atoms with van der Waals surface area (Å²) in [7, 11) is 1.63. The van der Waals surface area contributed by atoms with Crippen LogP contribution in [0.15, 0.2) is 60.8 Å². The van der Waals surface area contributed by atoms with Gasteiger partial charge >= 0.3 is 6.18 Å². The number of rotatable bonds is 11. The van der Waals surface area contributed by atoms with E-state index in [1.807, 2.05) is 0 Å². The quantitative estimate of drug-likeness (QED) is 0.168. The fourth-order valence-corrected chi connectivity index (χ4v) is 4.80. The standard InChI is InChI=1S/C31H27ClF3NO6/c1-38-11-2-12-39-27-18-25-28(30-29(27)40-13-14-41-30)26(9-10-36-25)42-22-6-3-19(4-7-22)15-21(37)16-20-5-8-24(32)23(17-20)31(33,34)35/h3-10,17-18H,2,11-16H2,1H3. The van der Waals surface area contributed by atoms with Crippen molar-refractivity contribution in [2.24, 2.45) is 0 Å². The molecule has 4 aromatic rings. The van der Waals surface area contributed by atoms with Gasteiger partial charge in [0.1, 0.15) is 30.5 Å². The highest BCUT2D eigenvalue weighted by molar-refractivity contribution is 6.31. The fourth-order valence-electron chi connectivity index (χ4n) is 4.57. The number of hydrogen-bond donors (Lipinski definition) is 0. The molecule has 1 aromatic heterocycles. The van der Waals surface area contributed by atoms with Crippen molar-refractivity contribution in [2.45, 2.75) is 25.4 Å². The Kier molecular flexibility index (Phi) is 9.03. The lowest BCUT2D eigenvalue weighted by atomic mass is 10.0. The summed E-state index contributed by atoms with van der Waals surface area (Å²) in [6, 6.07) is 13.9. The molecule has 3 aromatic carbocycles. The molecule has 7 nitrogen and oxygen atoms in total. The van der Waals surface area contributed by atoms with E-state index in [2.05, 4.69) is 4.98 Å². The van der Waals surface area contributed by atoms with Crippen LogP contribution in [0.5, 0.6) is 28.7 Å². The molecule has 0 radical (unpaired) electrons. The van der Waals surface area contributed by atoms with Crippen molar-refractivity contribution >= 4 is 28.3 Å². The first-order valence-electron chi connectivity index (χ1n) is 13.2. The molecule has 220 valence electrons. The third-order valence-electron chi connectivity index (χ3n) is 6.48. The highest BCUT2D eigenvalue weighted by atomic mass is 35.5. The maximum atomic E-state index is 13.2. The Morgan fingerprint density at radius 1 is 0.929 bits per heavy atom. The van der Waals surface area contributed by atoms with Gasteiger partial charge in [0.2, 0.25) is 5.75 Å². The molecular formula is C31H27ClF3NO6. The van der Waals surface area contributed by atoms with Crippen LogP contribution in [0.3, 0.4) is 0 Å². The minimum absolute atomic E-state index is 0.0499. The molecule has 0 spiro atoms. The number of fused-ring (bicyclic) bond motifs is 3. The SMILES string of the molecule is COCCCOc1cc2nccc(Oc3ccc(CC(=O)Cc4ccc(Cl)c(C(F)(F)F)c4)cc3)c2c2c1OCCO2. The maximum absolute atomic E-state index is 13.2. The predicted molar refractivity (Wildman–Crippen MR) is 150 cm³/mol. The first-order valence-corrected chi connectivity index (χ1v) is 13.6. The van der Waals surface area contributed by atoms with Crippen LogP contribution < -0.4 is 18.9 Å². The Labute approximate surface area is 245 Å². The molecule has 0 atom stereocenters. The lowest BCUT2D eigenvalue weighted by molar-refractivity contribution is -0.137.